The first-order valence-electron chi connectivity index (χ1n) is 8.45. The van der Waals surface area contributed by atoms with E-state index in [2.05, 4.69) is 5.16 Å². The standard InChI is InChI=1S/C19H22ClNO5/c1-2-26-21-13-9-7-5-3-4-6-8-10-25-19(24)17-14(11-13)18(20)16(23)12-15(17)22/h4,6-7,9,12,22-23H,2-3,5,8,10-11H2,1H3/b6-4+,9-7+,21-13-. The Morgan fingerprint density at radius 1 is 1.19 bits per heavy atom. The molecule has 0 atom stereocenters. The van der Waals surface area contributed by atoms with E-state index in [-0.39, 0.29) is 34.9 Å². The van der Waals surface area contributed by atoms with Crippen LogP contribution in [-0.2, 0) is 16.0 Å². The Morgan fingerprint density at radius 2 is 1.92 bits per heavy atom. The first-order valence-corrected chi connectivity index (χ1v) is 8.83. The molecule has 1 aromatic carbocycles. The molecule has 2 N–H and O–H groups in total. The Balaban J connectivity index is 2.51. The predicted molar refractivity (Wildman–Crippen MR) is 100.0 cm³/mol. The smallest absolute Gasteiger partial charge is 0.342 e. The molecular formula is C19H22ClNO5. The zero-order valence-corrected chi connectivity index (χ0v) is 15.3. The second-order valence-corrected chi connectivity index (χ2v) is 6.01. The summed E-state index contributed by atoms with van der Waals surface area (Å²) in [6.45, 7) is 2.37. The second-order valence-electron chi connectivity index (χ2n) is 5.64. The lowest BCUT2D eigenvalue weighted by molar-refractivity contribution is 0.0507. The zero-order chi connectivity index (χ0) is 18.9. The fourth-order valence-electron chi connectivity index (χ4n) is 2.47. The molecule has 26 heavy (non-hydrogen) atoms. The number of phenolic OH excluding ortho intramolecular Hbond substituents is 2. The number of hydrogen-bond acceptors (Lipinski definition) is 6. The average molecular weight is 380 g/mol. The lowest BCUT2D eigenvalue weighted by Gasteiger charge is -2.14. The summed E-state index contributed by atoms with van der Waals surface area (Å²) < 4.78 is 5.23. The van der Waals surface area contributed by atoms with Gasteiger partial charge in [-0.3, -0.25) is 0 Å². The number of halogens is 1. The van der Waals surface area contributed by atoms with Crippen LogP contribution in [0.4, 0.5) is 0 Å². The minimum atomic E-state index is -0.704. The lowest BCUT2D eigenvalue weighted by Crippen LogP contribution is -2.13. The maximum absolute atomic E-state index is 12.4. The molecule has 140 valence electrons. The van der Waals surface area contributed by atoms with Crippen molar-refractivity contribution < 1.29 is 24.6 Å². The van der Waals surface area contributed by atoms with E-state index in [0.29, 0.717) is 18.7 Å². The molecule has 1 aliphatic heterocycles. The summed E-state index contributed by atoms with van der Waals surface area (Å²) in [6, 6.07) is 1.03. The molecular weight excluding hydrogens is 358 g/mol. The van der Waals surface area contributed by atoms with Crippen molar-refractivity contribution in [1.82, 2.24) is 0 Å². The molecule has 0 aliphatic carbocycles. The van der Waals surface area contributed by atoms with Gasteiger partial charge in [-0.2, -0.15) is 0 Å². The average Bonchev–Trinajstić information content (AvgIpc) is 2.61. The van der Waals surface area contributed by atoms with Gasteiger partial charge >= 0.3 is 5.97 Å². The molecule has 0 aromatic heterocycles. The maximum atomic E-state index is 12.4. The van der Waals surface area contributed by atoms with Gasteiger partial charge in [-0.1, -0.05) is 35.0 Å². The Hall–Kier alpha value is -2.47. The van der Waals surface area contributed by atoms with Crippen molar-refractivity contribution in [3.05, 3.63) is 46.5 Å². The summed E-state index contributed by atoms with van der Waals surface area (Å²) in [5.41, 5.74) is 0.671. The number of allylic oxidation sites excluding steroid dienone is 3. The topological polar surface area (TPSA) is 88.4 Å². The molecule has 1 aliphatic rings. The molecule has 0 radical (unpaired) electrons. The number of cyclic esters (lactones) is 1. The Bertz CT molecular complexity index is 740. The number of rotatable bonds is 2. The van der Waals surface area contributed by atoms with Gasteiger partial charge in [-0.05, 0) is 37.8 Å². The maximum Gasteiger partial charge on any atom is 0.342 e. The van der Waals surface area contributed by atoms with Crippen LogP contribution in [0, 0.1) is 0 Å². The van der Waals surface area contributed by atoms with Crippen molar-refractivity contribution in [2.24, 2.45) is 5.16 Å². The number of carbonyl (C=O) groups excluding carboxylic acids is 1. The fourth-order valence-corrected chi connectivity index (χ4v) is 2.68. The molecule has 2 rings (SSSR count). The monoisotopic (exact) mass is 379 g/mol. The first-order chi connectivity index (χ1) is 12.5. The summed E-state index contributed by atoms with van der Waals surface area (Å²) in [6.07, 6.45) is 10.0. The van der Waals surface area contributed by atoms with Crippen LogP contribution >= 0.6 is 11.6 Å². The molecule has 0 unspecified atom stereocenters. The van der Waals surface area contributed by atoms with E-state index in [1.54, 1.807) is 13.0 Å². The van der Waals surface area contributed by atoms with Gasteiger partial charge < -0.3 is 19.8 Å². The van der Waals surface area contributed by atoms with Crippen molar-refractivity contribution >= 4 is 23.3 Å². The third kappa shape index (κ3) is 5.26. The van der Waals surface area contributed by atoms with E-state index in [1.807, 2.05) is 18.2 Å². The van der Waals surface area contributed by atoms with Gasteiger partial charge in [0, 0.05) is 12.5 Å². The van der Waals surface area contributed by atoms with Crippen LogP contribution < -0.4 is 0 Å². The third-order valence-corrected chi connectivity index (χ3v) is 4.11. The van der Waals surface area contributed by atoms with Crippen LogP contribution in [0.3, 0.4) is 0 Å². The van der Waals surface area contributed by atoms with E-state index < -0.39 is 11.7 Å². The van der Waals surface area contributed by atoms with Crippen molar-refractivity contribution in [3.63, 3.8) is 0 Å². The number of benzene rings is 1. The van der Waals surface area contributed by atoms with Gasteiger partial charge in [0.15, 0.2) is 0 Å². The van der Waals surface area contributed by atoms with E-state index in [9.17, 15) is 15.0 Å². The summed E-state index contributed by atoms with van der Waals surface area (Å²) in [7, 11) is 0. The van der Waals surface area contributed by atoms with E-state index in [0.717, 1.165) is 18.9 Å². The van der Waals surface area contributed by atoms with Crippen LogP contribution in [0.2, 0.25) is 5.02 Å². The molecule has 0 saturated heterocycles. The number of oxime groups is 1. The van der Waals surface area contributed by atoms with E-state index >= 15 is 0 Å². The predicted octanol–water partition coefficient (Wildman–Crippen LogP) is 4.14. The number of hydrogen-bond donors (Lipinski definition) is 2. The molecule has 0 saturated carbocycles. The minimum absolute atomic E-state index is 0.0284. The van der Waals surface area contributed by atoms with E-state index in [1.165, 1.54) is 0 Å². The molecule has 1 heterocycles. The molecule has 0 bridgehead atoms. The third-order valence-electron chi connectivity index (χ3n) is 3.69. The summed E-state index contributed by atoms with van der Waals surface area (Å²) in [4.78, 5) is 17.6. The minimum Gasteiger partial charge on any atom is -0.507 e. The van der Waals surface area contributed by atoms with Gasteiger partial charge in [-0.25, -0.2) is 4.79 Å². The van der Waals surface area contributed by atoms with Crippen molar-refractivity contribution in [3.8, 4) is 11.5 Å². The van der Waals surface area contributed by atoms with E-state index in [4.69, 9.17) is 21.2 Å². The number of esters is 1. The van der Waals surface area contributed by atoms with Crippen LogP contribution in [0.15, 0.2) is 35.5 Å². The van der Waals surface area contributed by atoms with Gasteiger partial charge in [0.25, 0.3) is 0 Å². The number of ether oxygens (including phenoxy) is 1. The van der Waals surface area contributed by atoms with Crippen LogP contribution in [0.5, 0.6) is 11.5 Å². The lowest BCUT2D eigenvalue weighted by atomic mass is 9.99. The highest BCUT2D eigenvalue weighted by molar-refractivity contribution is 6.33. The highest BCUT2D eigenvalue weighted by atomic mass is 35.5. The highest BCUT2D eigenvalue weighted by Gasteiger charge is 2.24. The SMILES string of the molecule is CCO/N=C1/C=C/CC/C=C/CCOC(=O)c2c(O)cc(O)c(Cl)c2C1. The normalized spacial score (nSPS) is 19.9. The quantitative estimate of drug-likeness (QED) is 0.458. The Morgan fingerprint density at radius 3 is 2.69 bits per heavy atom. The Kier molecular flexibility index (Phi) is 7.53. The van der Waals surface area contributed by atoms with Crippen LogP contribution in [-0.4, -0.2) is 35.1 Å². The van der Waals surface area contributed by atoms with Crippen LogP contribution in [0.25, 0.3) is 0 Å². The second kappa shape index (κ2) is 9.87. The van der Waals surface area contributed by atoms with Crippen molar-refractivity contribution in [1.29, 1.82) is 0 Å². The number of nitrogens with zero attached hydrogens (tertiary/aromatic N) is 1. The molecule has 0 amide bonds. The largest absolute Gasteiger partial charge is 0.507 e. The van der Waals surface area contributed by atoms with Gasteiger partial charge in [0.05, 0.1) is 17.3 Å². The number of aromatic hydroxyl groups is 2. The first kappa shape index (κ1) is 19.8. The fraction of sp³-hybridized carbons (Fsp3) is 0.368. The van der Waals surface area contributed by atoms with Crippen LogP contribution in [0.1, 0.15) is 42.1 Å². The van der Waals surface area contributed by atoms with Crippen molar-refractivity contribution in [2.75, 3.05) is 13.2 Å². The molecule has 7 heteroatoms. The number of fused-ring (bicyclic) bond motifs is 1. The van der Waals surface area contributed by atoms with Gasteiger partial charge in [0.2, 0.25) is 0 Å². The Labute approximate surface area is 157 Å². The molecule has 0 spiro atoms. The summed E-state index contributed by atoms with van der Waals surface area (Å²) >= 11 is 6.20. The molecule has 1 aromatic rings. The molecule has 6 nitrogen and oxygen atoms in total. The zero-order valence-electron chi connectivity index (χ0n) is 14.6. The highest BCUT2D eigenvalue weighted by Crippen LogP contribution is 2.37. The van der Waals surface area contributed by atoms with Gasteiger partial charge in [-0.15, -0.1) is 0 Å². The summed E-state index contributed by atoms with van der Waals surface area (Å²) in [5.74, 6) is -1.42. The van der Waals surface area contributed by atoms with Gasteiger partial charge in [0.1, 0.15) is 23.7 Å². The summed E-state index contributed by atoms with van der Waals surface area (Å²) in [5, 5.41) is 24.1. The number of carbonyl (C=O) groups is 1. The molecule has 0 fully saturated rings. The number of phenols is 2. The van der Waals surface area contributed by atoms with Crippen molar-refractivity contribution in [2.45, 2.75) is 32.6 Å².